The lowest BCUT2D eigenvalue weighted by molar-refractivity contribution is -0.142. The van der Waals surface area contributed by atoms with Crippen molar-refractivity contribution in [1.82, 2.24) is 4.90 Å². The van der Waals surface area contributed by atoms with Gasteiger partial charge in [-0.05, 0) is 17.7 Å². The highest BCUT2D eigenvalue weighted by atomic mass is 16.5. The zero-order valence-corrected chi connectivity index (χ0v) is 10.3. The van der Waals surface area contributed by atoms with Crippen molar-refractivity contribution < 1.29 is 14.3 Å². The van der Waals surface area contributed by atoms with Gasteiger partial charge in [0.2, 0.25) is 5.91 Å². The number of nitrogen functional groups attached to an aromatic ring is 1. The van der Waals surface area contributed by atoms with E-state index in [1.807, 2.05) is 12.1 Å². The Morgan fingerprint density at radius 1 is 1.22 bits per heavy atom. The second kappa shape index (κ2) is 6.61. The van der Waals surface area contributed by atoms with Gasteiger partial charge in [0, 0.05) is 12.2 Å². The van der Waals surface area contributed by atoms with Gasteiger partial charge in [-0.1, -0.05) is 12.1 Å². The van der Waals surface area contributed by atoms with Crippen LogP contribution in [-0.2, 0) is 20.9 Å². The van der Waals surface area contributed by atoms with Gasteiger partial charge in [0.1, 0.15) is 0 Å². The van der Waals surface area contributed by atoms with E-state index in [9.17, 15) is 9.59 Å². The summed E-state index contributed by atoms with van der Waals surface area (Å²) in [5.74, 6) is -0.902. The maximum absolute atomic E-state index is 11.2. The Kier molecular flexibility index (Phi) is 5.13. The van der Waals surface area contributed by atoms with Gasteiger partial charge in [0.25, 0.3) is 0 Å². The minimum Gasteiger partial charge on any atom is -0.468 e. The Hall–Kier alpha value is -2.08. The summed E-state index contributed by atoms with van der Waals surface area (Å²) in [6.45, 7) is 0.446. The predicted octanol–water partition coefficient (Wildman–Crippen LogP) is -0.271. The fraction of sp³-hybridized carbons (Fsp3) is 0.333. The lowest BCUT2D eigenvalue weighted by Crippen LogP contribution is -2.37. The largest absolute Gasteiger partial charge is 0.468 e. The number of primary amides is 1. The summed E-state index contributed by atoms with van der Waals surface area (Å²) in [5.41, 5.74) is 12.3. The van der Waals surface area contributed by atoms with E-state index in [1.54, 1.807) is 17.0 Å². The van der Waals surface area contributed by atoms with Crippen molar-refractivity contribution in [2.24, 2.45) is 5.73 Å². The number of hydrogen-bond acceptors (Lipinski definition) is 5. The zero-order chi connectivity index (χ0) is 13.5. The average Bonchev–Trinajstić information content (AvgIpc) is 2.31. The number of ether oxygens (including phenoxy) is 1. The highest BCUT2D eigenvalue weighted by molar-refractivity contribution is 5.77. The third-order valence-corrected chi connectivity index (χ3v) is 2.35. The van der Waals surface area contributed by atoms with Gasteiger partial charge < -0.3 is 16.2 Å². The molecule has 0 aliphatic carbocycles. The van der Waals surface area contributed by atoms with Crippen LogP contribution in [0, 0.1) is 0 Å². The van der Waals surface area contributed by atoms with E-state index in [1.165, 1.54) is 7.11 Å². The lowest BCUT2D eigenvalue weighted by Gasteiger charge is -2.19. The fourth-order valence-corrected chi connectivity index (χ4v) is 1.52. The van der Waals surface area contributed by atoms with Crippen LogP contribution in [-0.4, -0.2) is 37.0 Å². The molecule has 18 heavy (non-hydrogen) atoms. The molecule has 0 radical (unpaired) electrons. The molecule has 1 aromatic rings. The number of amides is 1. The topological polar surface area (TPSA) is 98.6 Å². The molecule has 1 rings (SSSR count). The van der Waals surface area contributed by atoms with Crippen LogP contribution in [0.4, 0.5) is 5.69 Å². The molecule has 0 saturated heterocycles. The van der Waals surface area contributed by atoms with Gasteiger partial charge >= 0.3 is 5.97 Å². The standard InChI is InChI=1S/C12H17N3O3/c1-18-12(17)8-15(7-11(14)16)6-9-2-4-10(13)5-3-9/h2-5H,6-8,13H2,1H3,(H2,14,16). The molecule has 6 heteroatoms. The predicted molar refractivity (Wildman–Crippen MR) is 67.3 cm³/mol. The lowest BCUT2D eigenvalue weighted by atomic mass is 10.2. The average molecular weight is 251 g/mol. The van der Waals surface area contributed by atoms with Crippen LogP contribution in [0.3, 0.4) is 0 Å². The minimum absolute atomic E-state index is 0.000519. The first-order valence-corrected chi connectivity index (χ1v) is 5.43. The molecule has 0 aliphatic rings. The maximum atomic E-state index is 11.2. The smallest absolute Gasteiger partial charge is 0.319 e. The fourth-order valence-electron chi connectivity index (χ4n) is 1.52. The van der Waals surface area contributed by atoms with Crippen LogP contribution >= 0.6 is 0 Å². The Bertz CT molecular complexity index is 417. The van der Waals surface area contributed by atoms with Crippen LogP contribution in [0.2, 0.25) is 0 Å². The molecule has 0 aliphatic heterocycles. The van der Waals surface area contributed by atoms with Gasteiger partial charge in [0.15, 0.2) is 0 Å². The quantitative estimate of drug-likeness (QED) is 0.535. The summed E-state index contributed by atoms with van der Waals surface area (Å²) in [6.07, 6.45) is 0. The minimum atomic E-state index is -0.491. The highest BCUT2D eigenvalue weighted by Crippen LogP contribution is 2.08. The van der Waals surface area contributed by atoms with Crippen molar-refractivity contribution >= 4 is 17.6 Å². The number of carbonyl (C=O) groups excluding carboxylic acids is 2. The van der Waals surface area contributed by atoms with Crippen LogP contribution in [0.5, 0.6) is 0 Å². The summed E-state index contributed by atoms with van der Waals surface area (Å²) >= 11 is 0. The molecule has 6 nitrogen and oxygen atoms in total. The summed E-state index contributed by atoms with van der Waals surface area (Å²) in [5, 5.41) is 0. The van der Waals surface area contributed by atoms with Crippen LogP contribution < -0.4 is 11.5 Å². The number of nitrogens with two attached hydrogens (primary N) is 2. The Balaban J connectivity index is 2.67. The summed E-state index contributed by atoms with van der Waals surface area (Å²) in [6, 6.07) is 7.19. The van der Waals surface area contributed by atoms with Crippen LogP contribution in [0.25, 0.3) is 0 Å². The van der Waals surface area contributed by atoms with E-state index in [0.29, 0.717) is 12.2 Å². The van der Waals surface area contributed by atoms with Gasteiger partial charge in [-0.2, -0.15) is 0 Å². The van der Waals surface area contributed by atoms with Gasteiger partial charge in [-0.3, -0.25) is 14.5 Å². The third kappa shape index (κ3) is 4.84. The molecule has 0 unspecified atom stereocenters. The van der Waals surface area contributed by atoms with Crippen LogP contribution in [0.1, 0.15) is 5.56 Å². The van der Waals surface area contributed by atoms with E-state index >= 15 is 0 Å². The number of rotatable bonds is 6. The second-order valence-electron chi connectivity index (χ2n) is 3.93. The molecule has 1 amide bonds. The molecule has 0 fully saturated rings. The first-order valence-electron chi connectivity index (χ1n) is 5.43. The number of carbonyl (C=O) groups is 2. The summed E-state index contributed by atoms with van der Waals surface area (Å²) in [4.78, 5) is 23.8. The monoisotopic (exact) mass is 251 g/mol. The summed E-state index contributed by atoms with van der Waals surface area (Å²) in [7, 11) is 1.30. The van der Waals surface area contributed by atoms with Crippen molar-refractivity contribution in [2.75, 3.05) is 25.9 Å². The number of methoxy groups -OCH3 is 1. The molecular weight excluding hydrogens is 234 g/mol. The first kappa shape index (κ1) is 14.0. The number of hydrogen-bond donors (Lipinski definition) is 2. The highest BCUT2D eigenvalue weighted by Gasteiger charge is 2.13. The molecule has 0 aromatic heterocycles. The Morgan fingerprint density at radius 3 is 2.33 bits per heavy atom. The molecule has 0 heterocycles. The number of anilines is 1. The summed E-state index contributed by atoms with van der Waals surface area (Å²) < 4.78 is 4.57. The normalized spacial score (nSPS) is 10.3. The Labute approximate surface area is 105 Å². The number of benzene rings is 1. The first-order chi connectivity index (χ1) is 8.51. The van der Waals surface area contributed by atoms with E-state index in [4.69, 9.17) is 11.5 Å². The van der Waals surface area contributed by atoms with Crippen molar-refractivity contribution in [2.45, 2.75) is 6.54 Å². The molecule has 0 spiro atoms. The van der Waals surface area contributed by atoms with E-state index in [-0.39, 0.29) is 13.1 Å². The molecule has 4 N–H and O–H groups in total. The van der Waals surface area contributed by atoms with Crippen molar-refractivity contribution in [3.05, 3.63) is 29.8 Å². The molecule has 0 bridgehead atoms. The second-order valence-corrected chi connectivity index (χ2v) is 3.93. The van der Waals surface area contributed by atoms with Crippen LogP contribution in [0.15, 0.2) is 24.3 Å². The van der Waals surface area contributed by atoms with Gasteiger partial charge in [-0.15, -0.1) is 0 Å². The molecule has 0 atom stereocenters. The van der Waals surface area contributed by atoms with Gasteiger partial charge in [0.05, 0.1) is 20.2 Å². The number of nitrogens with zero attached hydrogens (tertiary/aromatic N) is 1. The maximum Gasteiger partial charge on any atom is 0.319 e. The Morgan fingerprint density at radius 2 is 1.83 bits per heavy atom. The van der Waals surface area contributed by atoms with E-state index in [0.717, 1.165) is 5.56 Å². The molecule has 98 valence electrons. The van der Waals surface area contributed by atoms with Crippen molar-refractivity contribution in [3.63, 3.8) is 0 Å². The zero-order valence-electron chi connectivity index (χ0n) is 10.3. The van der Waals surface area contributed by atoms with E-state index in [2.05, 4.69) is 4.74 Å². The molecule has 0 saturated carbocycles. The van der Waals surface area contributed by atoms with Crippen molar-refractivity contribution in [1.29, 1.82) is 0 Å². The van der Waals surface area contributed by atoms with Gasteiger partial charge in [-0.25, -0.2) is 0 Å². The molecule has 1 aromatic carbocycles. The van der Waals surface area contributed by atoms with E-state index < -0.39 is 11.9 Å². The van der Waals surface area contributed by atoms with Crippen molar-refractivity contribution in [3.8, 4) is 0 Å². The SMILES string of the molecule is COC(=O)CN(CC(N)=O)Cc1ccc(N)cc1. The number of esters is 1. The molecular formula is C12H17N3O3. The third-order valence-electron chi connectivity index (χ3n) is 2.35.